The number of amidine groups is 1. The molecule has 2 rings (SSSR count). The van der Waals surface area contributed by atoms with E-state index >= 15 is 0 Å². The normalized spacial score (nSPS) is 11.9. The van der Waals surface area contributed by atoms with E-state index in [4.69, 9.17) is 5.73 Å². The molecule has 0 heterocycles. The second-order valence-corrected chi connectivity index (χ2v) is 5.31. The zero-order valence-electron chi connectivity index (χ0n) is 11.4. The summed E-state index contributed by atoms with van der Waals surface area (Å²) < 4.78 is 0. The lowest BCUT2D eigenvalue weighted by Crippen LogP contribution is -2.06. The Morgan fingerprint density at radius 2 is 1.80 bits per heavy atom. The summed E-state index contributed by atoms with van der Waals surface area (Å²) in [6.45, 7) is 2.04. The fourth-order valence-corrected chi connectivity index (χ4v) is 2.25. The lowest BCUT2D eigenvalue weighted by molar-refractivity contribution is 1.25. The maximum Gasteiger partial charge on any atom is 0.180 e. The van der Waals surface area contributed by atoms with Crippen LogP contribution in [0.25, 0.3) is 0 Å². The molecule has 0 amide bonds. The molecule has 0 saturated carbocycles. The Morgan fingerprint density at radius 1 is 1.10 bits per heavy atom. The molecule has 4 heteroatoms. The smallest absolute Gasteiger partial charge is 0.180 e. The fourth-order valence-electron chi connectivity index (χ4n) is 1.64. The molecule has 0 unspecified atom stereocenters. The summed E-state index contributed by atoms with van der Waals surface area (Å²) in [5, 5.41) is 8.51. The van der Waals surface area contributed by atoms with Crippen molar-refractivity contribution >= 4 is 23.1 Å². The molecular formula is C16H17N3S. The number of benzene rings is 2. The molecular weight excluding hydrogens is 266 g/mol. The van der Waals surface area contributed by atoms with E-state index < -0.39 is 0 Å². The van der Waals surface area contributed by atoms with Crippen molar-refractivity contribution in [1.29, 1.82) is 0 Å². The Hall–Kier alpha value is -2.07. The number of thioether (sulfide) groups is 1. The molecule has 2 aromatic carbocycles. The standard InChI is InChI=1S/C16H17N3S/c1-13-7-5-6-10-15(13)11-18-19-16(17)20-12-14-8-3-2-4-9-14/h2-11H,12H2,1H3,(H2,17,19). The molecule has 2 N–H and O–H groups in total. The van der Waals surface area contributed by atoms with Crippen LogP contribution in [0.15, 0.2) is 64.8 Å². The van der Waals surface area contributed by atoms with Crippen LogP contribution in [0.3, 0.4) is 0 Å². The largest absolute Gasteiger partial charge is 0.377 e. The first-order chi connectivity index (χ1) is 9.75. The third-order valence-electron chi connectivity index (χ3n) is 2.77. The van der Waals surface area contributed by atoms with Gasteiger partial charge in [0.1, 0.15) is 0 Å². The molecule has 0 radical (unpaired) electrons. The zero-order valence-corrected chi connectivity index (χ0v) is 12.2. The van der Waals surface area contributed by atoms with Crippen molar-refractivity contribution in [2.75, 3.05) is 0 Å². The Morgan fingerprint density at radius 3 is 2.55 bits per heavy atom. The van der Waals surface area contributed by atoms with E-state index in [9.17, 15) is 0 Å². The molecule has 0 fully saturated rings. The third-order valence-corrected chi connectivity index (χ3v) is 3.63. The summed E-state index contributed by atoms with van der Waals surface area (Å²) in [5.74, 6) is 0.802. The summed E-state index contributed by atoms with van der Waals surface area (Å²) in [6.07, 6.45) is 1.73. The number of hydrogen-bond acceptors (Lipinski definition) is 3. The molecule has 0 bridgehead atoms. The van der Waals surface area contributed by atoms with E-state index in [1.54, 1.807) is 6.21 Å². The highest BCUT2D eigenvalue weighted by atomic mass is 32.2. The predicted octanol–water partition coefficient (Wildman–Crippen LogP) is 3.58. The predicted molar refractivity (Wildman–Crippen MR) is 88.1 cm³/mol. The van der Waals surface area contributed by atoms with Crippen LogP contribution in [0.4, 0.5) is 0 Å². The van der Waals surface area contributed by atoms with Crippen LogP contribution >= 0.6 is 11.8 Å². The Bertz CT molecular complexity index is 606. The maximum absolute atomic E-state index is 5.82. The average Bonchev–Trinajstić information content (AvgIpc) is 2.48. The van der Waals surface area contributed by atoms with Gasteiger partial charge in [-0.05, 0) is 23.6 Å². The van der Waals surface area contributed by atoms with Crippen molar-refractivity contribution in [3.63, 3.8) is 0 Å². The van der Waals surface area contributed by atoms with Gasteiger partial charge in [-0.3, -0.25) is 0 Å². The monoisotopic (exact) mass is 283 g/mol. The van der Waals surface area contributed by atoms with Crippen LogP contribution in [0.5, 0.6) is 0 Å². The topological polar surface area (TPSA) is 50.7 Å². The minimum absolute atomic E-state index is 0.471. The molecule has 0 atom stereocenters. The lowest BCUT2D eigenvalue weighted by atomic mass is 10.1. The van der Waals surface area contributed by atoms with Gasteiger partial charge < -0.3 is 5.73 Å². The summed E-state index contributed by atoms with van der Waals surface area (Å²) >= 11 is 1.48. The molecule has 3 nitrogen and oxygen atoms in total. The van der Waals surface area contributed by atoms with E-state index in [0.717, 1.165) is 11.3 Å². The molecule has 0 aliphatic rings. The van der Waals surface area contributed by atoms with E-state index in [0.29, 0.717) is 5.17 Å². The second-order valence-electron chi connectivity index (χ2n) is 4.31. The minimum Gasteiger partial charge on any atom is -0.377 e. The van der Waals surface area contributed by atoms with Crippen molar-refractivity contribution in [2.24, 2.45) is 15.9 Å². The first kappa shape index (κ1) is 14.3. The van der Waals surface area contributed by atoms with Crippen molar-refractivity contribution in [3.05, 3.63) is 71.3 Å². The molecule has 0 aliphatic heterocycles. The minimum atomic E-state index is 0.471. The SMILES string of the molecule is Cc1ccccc1C=NN=C(N)SCc1ccccc1. The Kier molecular flexibility index (Phi) is 5.38. The Balaban J connectivity index is 1.89. The van der Waals surface area contributed by atoms with Gasteiger partial charge in [0.2, 0.25) is 0 Å². The first-order valence-corrected chi connectivity index (χ1v) is 7.33. The van der Waals surface area contributed by atoms with Crippen molar-refractivity contribution < 1.29 is 0 Å². The number of rotatable bonds is 4. The van der Waals surface area contributed by atoms with Gasteiger partial charge in [0, 0.05) is 5.75 Å². The quantitative estimate of drug-likeness (QED) is 0.530. The van der Waals surface area contributed by atoms with Crippen LogP contribution in [-0.4, -0.2) is 11.4 Å². The van der Waals surface area contributed by atoms with Crippen molar-refractivity contribution in [2.45, 2.75) is 12.7 Å². The molecule has 20 heavy (non-hydrogen) atoms. The summed E-state index contributed by atoms with van der Waals surface area (Å²) in [6, 6.07) is 18.2. The zero-order chi connectivity index (χ0) is 14.2. The number of hydrogen-bond donors (Lipinski definition) is 1. The van der Waals surface area contributed by atoms with E-state index in [1.807, 2.05) is 49.4 Å². The van der Waals surface area contributed by atoms with Gasteiger partial charge in [-0.25, -0.2) is 0 Å². The van der Waals surface area contributed by atoms with Gasteiger partial charge >= 0.3 is 0 Å². The van der Waals surface area contributed by atoms with Gasteiger partial charge in [-0.15, -0.1) is 5.10 Å². The molecule has 102 valence electrons. The Labute approximate surface area is 123 Å². The number of nitrogens with zero attached hydrogens (tertiary/aromatic N) is 2. The third kappa shape index (κ3) is 4.55. The highest BCUT2D eigenvalue weighted by molar-refractivity contribution is 8.13. The van der Waals surface area contributed by atoms with Gasteiger partial charge in [0.25, 0.3) is 0 Å². The van der Waals surface area contributed by atoms with Gasteiger partial charge in [-0.2, -0.15) is 5.10 Å². The highest BCUT2D eigenvalue weighted by Gasteiger charge is 1.96. The van der Waals surface area contributed by atoms with E-state index in [-0.39, 0.29) is 0 Å². The molecule has 2 aromatic rings. The molecule has 0 aliphatic carbocycles. The fraction of sp³-hybridized carbons (Fsp3) is 0.125. The second kappa shape index (κ2) is 7.50. The first-order valence-electron chi connectivity index (χ1n) is 6.34. The maximum atomic E-state index is 5.82. The van der Waals surface area contributed by atoms with Crippen LogP contribution in [0, 0.1) is 6.92 Å². The summed E-state index contributed by atoms with van der Waals surface area (Å²) in [5.41, 5.74) is 9.27. The van der Waals surface area contributed by atoms with Crippen molar-refractivity contribution in [1.82, 2.24) is 0 Å². The highest BCUT2D eigenvalue weighted by Crippen LogP contribution is 2.11. The van der Waals surface area contributed by atoms with Crippen molar-refractivity contribution in [3.8, 4) is 0 Å². The summed E-state index contributed by atoms with van der Waals surface area (Å²) in [4.78, 5) is 0. The summed E-state index contributed by atoms with van der Waals surface area (Å²) in [7, 11) is 0. The van der Waals surface area contributed by atoms with Gasteiger partial charge in [0.15, 0.2) is 5.17 Å². The number of nitrogens with two attached hydrogens (primary N) is 1. The van der Waals surface area contributed by atoms with E-state index in [1.165, 1.54) is 22.9 Å². The molecule has 0 saturated heterocycles. The van der Waals surface area contributed by atoms with Crippen LogP contribution in [-0.2, 0) is 5.75 Å². The van der Waals surface area contributed by atoms with Crippen LogP contribution < -0.4 is 5.73 Å². The molecule has 0 spiro atoms. The molecule has 0 aromatic heterocycles. The lowest BCUT2D eigenvalue weighted by Gasteiger charge is -1.99. The van der Waals surface area contributed by atoms with Crippen LogP contribution in [0.2, 0.25) is 0 Å². The van der Waals surface area contributed by atoms with E-state index in [2.05, 4.69) is 22.3 Å². The van der Waals surface area contributed by atoms with Gasteiger partial charge in [-0.1, -0.05) is 66.4 Å². The van der Waals surface area contributed by atoms with Gasteiger partial charge in [0.05, 0.1) is 6.21 Å². The average molecular weight is 283 g/mol. The van der Waals surface area contributed by atoms with Crippen LogP contribution in [0.1, 0.15) is 16.7 Å². The number of aryl methyl sites for hydroxylation is 1.